The van der Waals surface area contributed by atoms with E-state index in [1.807, 2.05) is 35.7 Å². The van der Waals surface area contributed by atoms with Crippen molar-refractivity contribution in [3.63, 3.8) is 0 Å². The van der Waals surface area contributed by atoms with Crippen LogP contribution in [0.1, 0.15) is 18.5 Å². The summed E-state index contributed by atoms with van der Waals surface area (Å²) < 4.78 is 27.7. The highest BCUT2D eigenvalue weighted by atomic mass is 32.2. The maximum Gasteiger partial charge on any atom is 0.240 e. The fourth-order valence-electron chi connectivity index (χ4n) is 3.50. The van der Waals surface area contributed by atoms with Crippen LogP contribution in [0.2, 0.25) is 0 Å². The Balaban J connectivity index is 1.30. The second kappa shape index (κ2) is 9.07. The lowest BCUT2D eigenvalue weighted by Crippen LogP contribution is -2.46. The molecule has 0 spiro atoms. The maximum absolute atomic E-state index is 12.7. The lowest BCUT2D eigenvalue weighted by molar-refractivity contribution is -0.131. The van der Waals surface area contributed by atoms with E-state index >= 15 is 0 Å². The summed E-state index contributed by atoms with van der Waals surface area (Å²) in [6.07, 6.45) is 1.47. The number of nitrogens with zero attached hydrogens (tertiary/aromatic N) is 2. The molecular formula is C22H23N3O3S2. The Morgan fingerprint density at radius 1 is 1.03 bits per heavy atom. The molecule has 4 rings (SSSR count). The minimum atomic E-state index is -3.53. The summed E-state index contributed by atoms with van der Waals surface area (Å²) in [4.78, 5) is 19.3. The molecule has 1 amide bonds. The van der Waals surface area contributed by atoms with Crippen LogP contribution in [-0.4, -0.2) is 43.3 Å². The molecule has 1 aliphatic rings. The standard InChI is InChI=1S/C22H23N3O3S2/c26-21(15-19-16-29-22(23-19)17-7-3-1-4-8-17)25-13-11-18(12-14-25)24-30(27,28)20-9-5-2-6-10-20/h1-10,16,18,24H,11-15H2. The Morgan fingerprint density at radius 2 is 1.67 bits per heavy atom. The quantitative estimate of drug-likeness (QED) is 0.636. The van der Waals surface area contributed by atoms with Crippen LogP contribution in [0, 0.1) is 0 Å². The van der Waals surface area contributed by atoms with Crippen molar-refractivity contribution in [2.75, 3.05) is 13.1 Å². The molecule has 2 aromatic carbocycles. The Labute approximate surface area is 180 Å². The summed E-state index contributed by atoms with van der Waals surface area (Å²) in [6.45, 7) is 1.08. The van der Waals surface area contributed by atoms with Gasteiger partial charge in [0.15, 0.2) is 0 Å². The molecule has 2 heterocycles. The van der Waals surface area contributed by atoms with Crippen molar-refractivity contribution in [1.29, 1.82) is 0 Å². The predicted molar refractivity (Wildman–Crippen MR) is 118 cm³/mol. The van der Waals surface area contributed by atoms with Gasteiger partial charge in [0.25, 0.3) is 0 Å². The molecule has 0 atom stereocenters. The van der Waals surface area contributed by atoms with Crippen molar-refractivity contribution in [2.45, 2.75) is 30.2 Å². The second-order valence-corrected chi connectivity index (χ2v) is 9.85. The van der Waals surface area contributed by atoms with E-state index in [9.17, 15) is 13.2 Å². The number of thiazole rings is 1. The van der Waals surface area contributed by atoms with Gasteiger partial charge in [-0.25, -0.2) is 18.1 Å². The number of piperidine rings is 1. The summed E-state index contributed by atoms with van der Waals surface area (Å²) >= 11 is 1.54. The van der Waals surface area contributed by atoms with Gasteiger partial charge in [0, 0.05) is 30.1 Å². The highest BCUT2D eigenvalue weighted by molar-refractivity contribution is 7.89. The van der Waals surface area contributed by atoms with Gasteiger partial charge in [-0.1, -0.05) is 48.5 Å². The molecular weight excluding hydrogens is 418 g/mol. The van der Waals surface area contributed by atoms with E-state index in [4.69, 9.17) is 0 Å². The smallest absolute Gasteiger partial charge is 0.240 e. The van der Waals surface area contributed by atoms with Crippen LogP contribution in [0.15, 0.2) is 70.9 Å². The van der Waals surface area contributed by atoms with Gasteiger partial charge in [0.2, 0.25) is 15.9 Å². The predicted octanol–water partition coefficient (Wildman–Crippen LogP) is 3.32. The fraction of sp³-hybridized carbons (Fsp3) is 0.273. The van der Waals surface area contributed by atoms with Crippen LogP contribution in [0.3, 0.4) is 0 Å². The number of carbonyl (C=O) groups is 1. The van der Waals surface area contributed by atoms with Crippen LogP contribution >= 0.6 is 11.3 Å². The summed E-state index contributed by atoms with van der Waals surface area (Å²) in [6, 6.07) is 18.1. The monoisotopic (exact) mass is 441 g/mol. The molecule has 0 saturated carbocycles. The minimum absolute atomic E-state index is 0.0317. The van der Waals surface area contributed by atoms with Crippen molar-refractivity contribution in [3.05, 3.63) is 71.7 Å². The second-order valence-electron chi connectivity index (χ2n) is 7.28. The molecule has 1 aliphatic heterocycles. The summed E-state index contributed by atoms with van der Waals surface area (Å²) in [5.41, 5.74) is 1.82. The van der Waals surface area contributed by atoms with E-state index < -0.39 is 10.0 Å². The number of hydrogen-bond acceptors (Lipinski definition) is 5. The number of aromatic nitrogens is 1. The molecule has 8 heteroatoms. The zero-order valence-corrected chi connectivity index (χ0v) is 18.0. The van der Waals surface area contributed by atoms with Gasteiger partial charge in [-0.05, 0) is 25.0 Å². The SMILES string of the molecule is O=C(Cc1csc(-c2ccccc2)n1)N1CCC(NS(=O)(=O)c2ccccc2)CC1. The third kappa shape index (κ3) is 4.95. The molecule has 1 fully saturated rings. The lowest BCUT2D eigenvalue weighted by atomic mass is 10.1. The van der Waals surface area contributed by atoms with Crippen molar-refractivity contribution in [3.8, 4) is 10.6 Å². The Morgan fingerprint density at radius 3 is 2.33 bits per heavy atom. The van der Waals surface area contributed by atoms with Crippen LogP contribution < -0.4 is 4.72 Å². The number of amides is 1. The Kier molecular flexibility index (Phi) is 6.26. The van der Waals surface area contributed by atoms with Crippen molar-refractivity contribution in [1.82, 2.24) is 14.6 Å². The highest BCUT2D eigenvalue weighted by Crippen LogP contribution is 2.24. The number of nitrogens with one attached hydrogen (secondary N) is 1. The molecule has 3 aromatic rings. The summed E-state index contributed by atoms with van der Waals surface area (Å²) in [5.74, 6) is 0.0317. The number of sulfonamides is 1. The molecule has 0 aliphatic carbocycles. The largest absolute Gasteiger partial charge is 0.342 e. The zero-order valence-electron chi connectivity index (χ0n) is 16.4. The molecule has 6 nitrogen and oxygen atoms in total. The Bertz CT molecular complexity index is 1090. The molecule has 0 bridgehead atoms. The molecule has 30 heavy (non-hydrogen) atoms. The molecule has 1 saturated heterocycles. The summed E-state index contributed by atoms with van der Waals surface area (Å²) in [7, 11) is -3.53. The average Bonchev–Trinajstić information content (AvgIpc) is 3.24. The van der Waals surface area contributed by atoms with Gasteiger partial charge < -0.3 is 4.90 Å². The number of carbonyl (C=O) groups excluding carboxylic acids is 1. The molecule has 1 aromatic heterocycles. The first kappa shape index (κ1) is 20.7. The Hall–Kier alpha value is -2.55. The van der Waals surface area contributed by atoms with E-state index in [1.54, 1.807) is 35.2 Å². The first-order chi connectivity index (χ1) is 14.5. The highest BCUT2D eigenvalue weighted by Gasteiger charge is 2.27. The topological polar surface area (TPSA) is 79.4 Å². The van der Waals surface area contributed by atoms with Gasteiger partial charge in [0.1, 0.15) is 5.01 Å². The number of benzene rings is 2. The third-order valence-electron chi connectivity index (χ3n) is 5.13. The van der Waals surface area contributed by atoms with Gasteiger partial charge in [0.05, 0.1) is 17.0 Å². The fourth-order valence-corrected chi connectivity index (χ4v) is 5.65. The van der Waals surface area contributed by atoms with E-state index in [0.717, 1.165) is 16.3 Å². The van der Waals surface area contributed by atoms with E-state index in [0.29, 0.717) is 25.9 Å². The van der Waals surface area contributed by atoms with Gasteiger partial charge in [-0.3, -0.25) is 4.79 Å². The average molecular weight is 442 g/mol. The van der Waals surface area contributed by atoms with Gasteiger partial charge in [-0.2, -0.15) is 0 Å². The number of hydrogen-bond donors (Lipinski definition) is 1. The molecule has 0 unspecified atom stereocenters. The minimum Gasteiger partial charge on any atom is -0.342 e. The first-order valence-electron chi connectivity index (χ1n) is 9.86. The lowest BCUT2D eigenvalue weighted by Gasteiger charge is -2.32. The van der Waals surface area contributed by atoms with Crippen molar-refractivity contribution >= 4 is 27.3 Å². The number of rotatable bonds is 6. The number of likely N-dealkylation sites (tertiary alicyclic amines) is 1. The molecule has 156 valence electrons. The first-order valence-corrected chi connectivity index (χ1v) is 12.2. The van der Waals surface area contributed by atoms with E-state index in [1.165, 1.54) is 11.3 Å². The van der Waals surface area contributed by atoms with E-state index in [2.05, 4.69) is 9.71 Å². The molecule has 0 radical (unpaired) electrons. The molecule has 1 N–H and O–H groups in total. The zero-order chi connectivity index (χ0) is 21.0. The van der Waals surface area contributed by atoms with Crippen molar-refractivity contribution in [2.24, 2.45) is 0 Å². The maximum atomic E-state index is 12.7. The third-order valence-corrected chi connectivity index (χ3v) is 7.60. The summed E-state index contributed by atoms with van der Waals surface area (Å²) in [5, 5.41) is 2.84. The van der Waals surface area contributed by atoms with Gasteiger partial charge >= 0.3 is 0 Å². The van der Waals surface area contributed by atoms with Gasteiger partial charge in [-0.15, -0.1) is 11.3 Å². The van der Waals surface area contributed by atoms with Crippen LogP contribution in [0.5, 0.6) is 0 Å². The van der Waals surface area contributed by atoms with Crippen molar-refractivity contribution < 1.29 is 13.2 Å². The normalized spacial score (nSPS) is 15.3. The van der Waals surface area contributed by atoms with Crippen LogP contribution in [-0.2, 0) is 21.2 Å². The van der Waals surface area contributed by atoms with Crippen LogP contribution in [0.25, 0.3) is 10.6 Å². The van der Waals surface area contributed by atoms with E-state index in [-0.39, 0.29) is 23.3 Å². The van der Waals surface area contributed by atoms with Crippen LogP contribution in [0.4, 0.5) is 0 Å².